The molecule has 4 rings (SSSR count). The van der Waals surface area contributed by atoms with E-state index < -0.39 is 29.7 Å². The molecule has 0 saturated heterocycles. The molecule has 0 bridgehead atoms. The van der Waals surface area contributed by atoms with E-state index in [1.54, 1.807) is 42.5 Å². The normalized spacial score (nSPS) is 12.4. The summed E-state index contributed by atoms with van der Waals surface area (Å²) in [6.45, 7) is 10.5. The fourth-order valence-corrected chi connectivity index (χ4v) is 9.07. The van der Waals surface area contributed by atoms with Gasteiger partial charge in [-0.3, -0.25) is 33.7 Å². The van der Waals surface area contributed by atoms with E-state index in [0.29, 0.717) is 183 Å². The fraction of sp³-hybridized carbons (Fsp3) is 0.557. The molecule has 0 aromatic heterocycles. The van der Waals surface area contributed by atoms with Crippen LogP contribution >= 0.6 is 46.4 Å². The van der Waals surface area contributed by atoms with Crippen LogP contribution in [0.1, 0.15) is 51.1 Å². The van der Waals surface area contributed by atoms with E-state index in [1.165, 1.54) is 24.3 Å². The Morgan fingerprint density at radius 3 is 1.28 bits per heavy atom. The minimum atomic E-state index is -1.33. The smallest absolute Gasteiger partial charge is 0.326 e. The Bertz CT molecular complexity index is 2580. The van der Waals surface area contributed by atoms with E-state index in [9.17, 15) is 38.7 Å². The number of carbonyl (C=O) groups excluding carboxylic acids is 6. The number of rotatable bonds is 55. The zero-order valence-electron chi connectivity index (χ0n) is 50.3. The maximum Gasteiger partial charge on any atom is 0.326 e. The van der Waals surface area contributed by atoms with Gasteiger partial charge in [0.15, 0.2) is 5.78 Å². The number of Topliss-reactive ketones (excluding diaryl/α,β-unsaturated/α-hetero) is 1. The lowest BCUT2D eigenvalue weighted by atomic mass is 9.99. The number of carboxylic acids is 1. The Morgan fingerprint density at radius 1 is 0.456 bits per heavy atom. The van der Waals surface area contributed by atoms with Crippen molar-refractivity contribution in [1.29, 1.82) is 0 Å². The molecule has 0 radical (unpaired) electrons. The molecule has 29 heteroatoms. The summed E-state index contributed by atoms with van der Waals surface area (Å²) in [5.74, 6) is -3.34. The number of nitrogens with zero attached hydrogens (tertiary/aromatic N) is 1. The van der Waals surface area contributed by atoms with Crippen molar-refractivity contribution in [2.45, 2.75) is 38.1 Å². The van der Waals surface area contributed by atoms with Crippen LogP contribution in [0.15, 0.2) is 66.7 Å². The number of nitrogens with one attached hydrogen (secondary N) is 3. The first-order chi connectivity index (χ1) is 43.7. The summed E-state index contributed by atoms with van der Waals surface area (Å²) in [7, 11) is 0. The number of ketones is 1. The van der Waals surface area contributed by atoms with Crippen LogP contribution < -0.4 is 20.7 Å². The van der Waals surface area contributed by atoms with Crippen LogP contribution in [0.2, 0.25) is 20.1 Å². The highest BCUT2D eigenvalue weighted by Gasteiger charge is 2.26. The molecule has 1 heterocycles. The van der Waals surface area contributed by atoms with Crippen LogP contribution in [-0.2, 0) is 93.7 Å². The second-order valence-electron chi connectivity index (χ2n) is 19.3. The van der Waals surface area contributed by atoms with E-state index in [1.807, 2.05) is 0 Å². The zero-order chi connectivity index (χ0) is 64.8. The van der Waals surface area contributed by atoms with Gasteiger partial charge in [0.25, 0.3) is 17.7 Å². The van der Waals surface area contributed by atoms with Gasteiger partial charge >= 0.3 is 5.97 Å². The summed E-state index contributed by atoms with van der Waals surface area (Å²) in [6.07, 6.45) is 2.99. The molecule has 0 unspecified atom stereocenters. The number of benzene rings is 3. The van der Waals surface area contributed by atoms with Crippen molar-refractivity contribution in [3.8, 4) is 5.75 Å². The SMILES string of the molecule is O=C(CCOCCOCCOCCOCCOCCOCCOCCOCCOCCOCCOCCOCCNC(=O)CCN1C(=O)C=CC1=O)NCCCOc1cc(Cl)c(C(=O)N[C@@H](Cc2ccc(CC(=O)c3c(Cl)cccc3Cl)cc2)C(=O)O)c(Cl)c1. The van der Waals surface area contributed by atoms with Crippen LogP contribution in [0.4, 0.5) is 0 Å². The number of amides is 5. The molecule has 1 aliphatic rings. The Labute approximate surface area is 544 Å². The predicted molar refractivity (Wildman–Crippen MR) is 331 cm³/mol. The monoisotopic (exact) mass is 1350 g/mol. The molecule has 90 heavy (non-hydrogen) atoms. The summed E-state index contributed by atoms with van der Waals surface area (Å²) in [5.41, 5.74) is 1.36. The maximum absolute atomic E-state index is 13.2. The van der Waals surface area contributed by atoms with Crippen molar-refractivity contribution in [2.75, 3.05) is 185 Å². The van der Waals surface area contributed by atoms with Crippen LogP contribution in [-0.4, -0.2) is 242 Å². The first-order valence-corrected chi connectivity index (χ1v) is 30.9. The highest BCUT2D eigenvalue weighted by molar-refractivity contribution is 6.40. The second-order valence-corrected chi connectivity index (χ2v) is 20.9. The van der Waals surface area contributed by atoms with Gasteiger partial charge in [0.1, 0.15) is 11.8 Å². The van der Waals surface area contributed by atoms with Crippen molar-refractivity contribution in [1.82, 2.24) is 20.9 Å². The predicted octanol–water partition coefficient (Wildman–Crippen LogP) is 5.06. The molecule has 3 aromatic carbocycles. The standard InChI is InChI=1S/C61H82Cl4N4O21/c62-48-3-1-4-49(63)58(48)53(70)42-46-7-5-45(6-8-46)41-52(61(76)77)68-60(75)59-50(64)43-47(44-51(59)65)90-16-2-13-66-55(72)12-17-78-19-21-80-23-25-82-27-29-84-31-33-86-35-37-88-39-40-89-38-36-87-34-32-85-30-28-83-26-24-81-22-20-79-18-14-67-54(71)11-15-69-56(73)9-10-57(69)74/h1,3-10,43-44,52H,2,11-42H2,(H,66,72)(H,67,71)(H,68,75)(H,76,77)/t52-/m0/s1. The van der Waals surface area contributed by atoms with Crippen LogP contribution in [0.3, 0.4) is 0 Å². The molecular weight excluding hydrogens is 1270 g/mol. The third-order valence-electron chi connectivity index (χ3n) is 12.4. The molecule has 0 aliphatic carbocycles. The molecule has 1 atom stereocenters. The highest BCUT2D eigenvalue weighted by atomic mass is 35.5. The number of aliphatic carboxylic acids is 1. The van der Waals surface area contributed by atoms with Crippen molar-refractivity contribution in [3.63, 3.8) is 0 Å². The molecule has 1 aliphatic heterocycles. The van der Waals surface area contributed by atoms with Crippen molar-refractivity contribution >= 4 is 87.7 Å². The molecule has 3 aromatic rings. The second kappa shape index (κ2) is 48.3. The Morgan fingerprint density at radius 2 is 0.844 bits per heavy atom. The first-order valence-electron chi connectivity index (χ1n) is 29.4. The lowest BCUT2D eigenvalue weighted by molar-refractivity contribution is -0.139. The van der Waals surface area contributed by atoms with Gasteiger partial charge in [-0.2, -0.15) is 0 Å². The third-order valence-corrected chi connectivity index (χ3v) is 13.7. The van der Waals surface area contributed by atoms with E-state index >= 15 is 0 Å². The van der Waals surface area contributed by atoms with Gasteiger partial charge in [-0.05, 0) is 41.8 Å². The summed E-state index contributed by atoms with van der Waals surface area (Å²) in [5, 5.41) is 18.3. The van der Waals surface area contributed by atoms with Crippen LogP contribution in [0.25, 0.3) is 0 Å². The lowest BCUT2D eigenvalue weighted by Crippen LogP contribution is -2.42. The number of halogens is 4. The third kappa shape index (κ3) is 34.3. The first kappa shape index (κ1) is 77.0. The van der Waals surface area contributed by atoms with E-state index in [-0.39, 0.29) is 100 Å². The van der Waals surface area contributed by atoms with Crippen LogP contribution in [0.5, 0.6) is 5.75 Å². The quantitative estimate of drug-likeness (QED) is 0.0326. The number of carbonyl (C=O) groups is 7. The average Bonchev–Trinajstić information content (AvgIpc) is 1.96. The number of hydrogen-bond donors (Lipinski definition) is 4. The molecule has 0 saturated carbocycles. The number of hydrogen-bond acceptors (Lipinski definition) is 20. The molecule has 0 spiro atoms. The van der Waals surface area contributed by atoms with Gasteiger partial charge in [0.05, 0.1) is 196 Å². The van der Waals surface area contributed by atoms with Crippen molar-refractivity contribution in [3.05, 3.63) is 109 Å². The lowest BCUT2D eigenvalue weighted by Gasteiger charge is -2.17. The Kier molecular flexibility index (Phi) is 41.4. The van der Waals surface area contributed by atoms with E-state index in [2.05, 4.69) is 16.0 Å². The summed E-state index contributed by atoms with van der Waals surface area (Å²) >= 11 is 25.2. The molecular formula is C61H82Cl4N4O21. The largest absolute Gasteiger partial charge is 0.493 e. The van der Waals surface area contributed by atoms with Gasteiger partial charge in [-0.25, -0.2) is 4.79 Å². The molecule has 5 amide bonds. The molecule has 25 nitrogen and oxygen atoms in total. The van der Waals surface area contributed by atoms with Crippen molar-refractivity contribution < 1.29 is 100 Å². The number of carboxylic acid groups (broad SMARTS) is 1. The molecule has 500 valence electrons. The summed E-state index contributed by atoms with van der Waals surface area (Å²) in [6, 6.07) is 13.0. The zero-order valence-corrected chi connectivity index (χ0v) is 53.4. The Hall–Kier alpha value is -5.43. The summed E-state index contributed by atoms with van der Waals surface area (Å²) in [4.78, 5) is 86.4. The van der Waals surface area contributed by atoms with Gasteiger partial charge < -0.3 is 82.6 Å². The van der Waals surface area contributed by atoms with Gasteiger partial charge in [-0.15, -0.1) is 0 Å². The Balaban J connectivity index is 0.823. The minimum absolute atomic E-state index is 0.0260. The highest BCUT2D eigenvalue weighted by Crippen LogP contribution is 2.31. The molecule has 0 fully saturated rings. The number of ether oxygens (including phenoxy) is 13. The van der Waals surface area contributed by atoms with Crippen LogP contribution in [0, 0.1) is 0 Å². The van der Waals surface area contributed by atoms with Gasteiger partial charge in [-0.1, -0.05) is 76.7 Å². The van der Waals surface area contributed by atoms with Gasteiger partial charge in [0, 0.05) is 57.5 Å². The minimum Gasteiger partial charge on any atom is -0.493 e. The fourth-order valence-electron chi connectivity index (χ4n) is 7.83. The van der Waals surface area contributed by atoms with Gasteiger partial charge in [0.2, 0.25) is 11.8 Å². The average molecular weight is 1350 g/mol. The molecule has 4 N–H and O–H groups in total. The van der Waals surface area contributed by atoms with E-state index in [0.717, 1.165) is 4.90 Å². The number of imide groups is 1. The van der Waals surface area contributed by atoms with Crippen molar-refractivity contribution in [2.24, 2.45) is 0 Å². The summed E-state index contributed by atoms with van der Waals surface area (Å²) < 4.78 is 71.6. The van der Waals surface area contributed by atoms with E-state index in [4.69, 9.17) is 108 Å². The topological polar surface area (TPSA) is 299 Å². The maximum atomic E-state index is 13.2.